The molecule has 1 aliphatic heterocycles. The lowest BCUT2D eigenvalue weighted by atomic mass is 10.1. The van der Waals surface area contributed by atoms with E-state index in [4.69, 9.17) is 11.6 Å². The summed E-state index contributed by atoms with van der Waals surface area (Å²) in [6.45, 7) is 3.55. The van der Waals surface area contributed by atoms with Crippen molar-refractivity contribution in [2.45, 2.75) is 6.42 Å². The van der Waals surface area contributed by atoms with Gasteiger partial charge in [-0.15, -0.1) is 0 Å². The van der Waals surface area contributed by atoms with E-state index in [-0.39, 0.29) is 5.91 Å². The van der Waals surface area contributed by atoms with Gasteiger partial charge in [-0.1, -0.05) is 23.7 Å². The largest absolute Gasteiger partial charge is 0.342 e. The Morgan fingerprint density at radius 3 is 2.71 bits per heavy atom. The quantitative estimate of drug-likeness (QED) is 0.624. The van der Waals surface area contributed by atoms with Crippen LogP contribution in [0.5, 0.6) is 0 Å². The minimum atomic E-state index is 0.0895. The molecule has 1 fully saturated rings. The fraction of sp³-hybridized carbons (Fsp3) is 0.467. The van der Waals surface area contributed by atoms with Crippen LogP contribution in [-0.2, 0) is 16.0 Å². The Morgan fingerprint density at radius 1 is 1.29 bits per heavy atom. The molecule has 0 radical (unpaired) electrons. The molecule has 0 saturated carbocycles. The molecular formula is C15H20ClN3O2. The average Bonchev–Trinajstić information content (AvgIpc) is 2.51. The zero-order chi connectivity index (χ0) is 15.1. The van der Waals surface area contributed by atoms with Crippen molar-refractivity contribution in [3.63, 3.8) is 0 Å². The second-order valence-corrected chi connectivity index (χ2v) is 5.52. The van der Waals surface area contributed by atoms with Crippen molar-refractivity contribution in [1.29, 1.82) is 0 Å². The molecule has 0 unspecified atom stereocenters. The molecule has 1 N–H and O–H groups in total. The first-order valence-corrected chi connectivity index (χ1v) is 7.49. The number of amides is 2. The first-order valence-electron chi connectivity index (χ1n) is 7.11. The predicted octanol–water partition coefficient (Wildman–Crippen LogP) is 0.773. The molecule has 0 bridgehead atoms. The molecule has 1 aromatic carbocycles. The molecule has 1 aliphatic rings. The Balaban J connectivity index is 1.64. The normalized spacial score (nSPS) is 15.1. The van der Waals surface area contributed by atoms with Crippen molar-refractivity contribution in [2.75, 3.05) is 39.3 Å². The summed E-state index contributed by atoms with van der Waals surface area (Å²) in [6, 6.07) is 7.73. The summed E-state index contributed by atoms with van der Waals surface area (Å²) in [6.07, 6.45) is 1.68. The lowest BCUT2D eigenvalue weighted by molar-refractivity contribution is -0.134. The van der Waals surface area contributed by atoms with Crippen molar-refractivity contribution in [3.05, 3.63) is 34.9 Å². The summed E-state index contributed by atoms with van der Waals surface area (Å²) in [5.41, 5.74) is 1.15. The second kappa shape index (κ2) is 8.00. The number of hydrogen-bond donors (Lipinski definition) is 1. The van der Waals surface area contributed by atoms with Crippen molar-refractivity contribution >= 4 is 23.9 Å². The van der Waals surface area contributed by atoms with E-state index in [1.807, 2.05) is 24.3 Å². The maximum atomic E-state index is 12.0. The minimum absolute atomic E-state index is 0.0895. The molecule has 1 heterocycles. The number of nitrogens with zero attached hydrogens (tertiary/aromatic N) is 2. The van der Waals surface area contributed by atoms with Crippen LogP contribution in [0, 0.1) is 0 Å². The maximum Gasteiger partial charge on any atom is 0.236 e. The highest BCUT2D eigenvalue weighted by molar-refractivity contribution is 6.30. The van der Waals surface area contributed by atoms with Gasteiger partial charge in [0, 0.05) is 31.2 Å². The van der Waals surface area contributed by atoms with Crippen molar-refractivity contribution in [1.82, 2.24) is 15.1 Å². The third-order valence-corrected chi connectivity index (χ3v) is 3.81. The van der Waals surface area contributed by atoms with Crippen LogP contribution in [0.15, 0.2) is 24.3 Å². The number of nitrogens with one attached hydrogen (secondary N) is 1. The van der Waals surface area contributed by atoms with E-state index in [0.29, 0.717) is 32.7 Å². The molecule has 1 aromatic rings. The topological polar surface area (TPSA) is 52.7 Å². The smallest absolute Gasteiger partial charge is 0.236 e. The van der Waals surface area contributed by atoms with Gasteiger partial charge in [-0.05, 0) is 30.7 Å². The highest BCUT2D eigenvalue weighted by Crippen LogP contribution is 2.10. The van der Waals surface area contributed by atoms with Crippen LogP contribution >= 0.6 is 11.6 Å². The van der Waals surface area contributed by atoms with E-state index in [1.165, 1.54) is 0 Å². The van der Waals surface area contributed by atoms with E-state index in [2.05, 4.69) is 5.32 Å². The average molecular weight is 310 g/mol. The Labute approximate surface area is 129 Å². The van der Waals surface area contributed by atoms with Gasteiger partial charge in [0.15, 0.2) is 0 Å². The summed E-state index contributed by atoms with van der Waals surface area (Å²) in [5.74, 6) is 0.0895. The first kappa shape index (κ1) is 15.8. The first-order chi connectivity index (χ1) is 10.2. The van der Waals surface area contributed by atoms with E-state index in [9.17, 15) is 9.59 Å². The highest BCUT2D eigenvalue weighted by Gasteiger charge is 2.19. The monoisotopic (exact) mass is 309 g/mol. The van der Waals surface area contributed by atoms with E-state index in [0.717, 1.165) is 30.0 Å². The summed E-state index contributed by atoms with van der Waals surface area (Å²) in [4.78, 5) is 26.1. The van der Waals surface area contributed by atoms with E-state index < -0.39 is 0 Å². The number of hydrogen-bond acceptors (Lipinski definition) is 3. The van der Waals surface area contributed by atoms with E-state index in [1.54, 1.807) is 9.80 Å². The fourth-order valence-electron chi connectivity index (χ4n) is 2.31. The van der Waals surface area contributed by atoms with Gasteiger partial charge in [0.25, 0.3) is 0 Å². The molecule has 0 atom stereocenters. The van der Waals surface area contributed by atoms with Crippen LogP contribution in [0.4, 0.5) is 0 Å². The number of piperazine rings is 1. The molecule has 0 aliphatic carbocycles. The number of carbonyl (C=O) groups is 2. The molecule has 21 heavy (non-hydrogen) atoms. The third-order valence-electron chi connectivity index (χ3n) is 3.57. The van der Waals surface area contributed by atoms with Crippen LogP contribution in [0.3, 0.4) is 0 Å². The maximum absolute atomic E-state index is 12.0. The Bertz CT molecular complexity index is 488. The molecule has 114 valence electrons. The van der Waals surface area contributed by atoms with Gasteiger partial charge in [-0.3, -0.25) is 9.59 Å². The number of rotatable bonds is 6. The van der Waals surface area contributed by atoms with Gasteiger partial charge in [0.1, 0.15) is 0 Å². The molecule has 1 saturated heterocycles. The lowest BCUT2D eigenvalue weighted by Crippen LogP contribution is -2.50. The molecule has 0 spiro atoms. The van der Waals surface area contributed by atoms with Crippen LogP contribution < -0.4 is 5.32 Å². The highest BCUT2D eigenvalue weighted by atomic mass is 35.5. The summed E-state index contributed by atoms with van der Waals surface area (Å²) >= 11 is 5.92. The molecule has 2 rings (SSSR count). The second-order valence-electron chi connectivity index (χ2n) is 5.08. The van der Waals surface area contributed by atoms with Crippen LogP contribution in [0.25, 0.3) is 0 Å². The molecular weight excluding hydrogens is 290 g/mol. The number of carbonyl (C=O) groups excluding carboxylic acids is 2. The van der Waals surface area contributed by atoms with Gasteiger partial charge in [-0.25, -0.2) is 0 Å². The van der Waals surface area contributed by atoms with Crippen molar-refractivity contribution < 1.29 is 9.59 Å². The van der Waals surface area contributed by atoms with Gasteiger partial charge in [0.05, 0.1) is 6.54 Å². The Hall–Kier alpha value is -1.59. The summed E-state index contributed by atoms with van der Waals surface area (Å²) < 4.78 is 0. The van der Waals surface area contributed by atoms with Gasteiger partial charge < -0.3 is 15.1 Å². The number of halogens is 1. The van der Waals surface area contributed by atoms with Crippen molar-refractivity contribution in [3.8, 4) is 0 Å². The SMILES string of the molecule is O=CN1CCN(C(=O)CNCCc2cccc(Cl)c2)CC1. The van der Waals surface area contributed by atoms with Gasteiger partial charge in [0.2, 0.25) is 12.3 Å². The lowest BCUT2D eigenvalue weighted by Gasteiger charge is -2.32. The fourth-order valence-corrected chi connectivity index (χ4v) is 2.52. The van der Waals surface area contributed by atoms with Crippen molar-refractivity contribution in [2.24, 2.45) is 0 Å². The molecule has 2 amide bonds. The van der Waals surface area contributed by atoms with Crippen LogP contribution in [-0.4, -0.2) is 61.4 Å². The Morgan fingerprint density at radius 2 is 2.05 bits per heavy atom. The van der Waals surface area contributed by atoms with Gasteiger partial charge >= 0.3 is 0 Å². The predicted molar refractivity (Wildman–Crippen MR) is 82.2 cm³/mol. The zero-order valence-corrected chi connectivity index (χ0v) is 12.7. The van der Waals surface area contributed by atoms with E-state index >= 15 is 0 Å². The number of benzene rings is 1. The summed E-state index contributed by atoms with van der Waals surface area (Å²) in [7, 11) is 0. The van der Waals surface area contributed by atoms with Crippen LogP contribution in [0.2, 0.25) is 5.02 Å². The van der Waals surface area contributed by atoms with Gasteiger partial charge in [-0.2, -0.15) is 0 Å². The standard InChI is InChI=1S/C15H20ClN3O2/c16-14-3-1-2-13(10-14)4-5-17-11-15(21)19-8-6-18(12-20)7-9-19/h1-3,10,12,17H,4-9,11H2. The third kappa shape index (κ3) is 5.02. The zero-order valence-electron chi connectivity index (χ0n) is 11.9. The summed E-state index contributed by atoms with van der Waals surface area (Å²) in [5, 5.41) is 3.89. The minimum Gasteiger partial charge on any atom is -0.342 e. The molecule has 6 heteroatoms. The van der Waals surface area contributed by atoms with Crippen LogP contribution in [0.1, 0.15) is 5.56 Å². The molecule has 0 aromatic heterocycles. The molecule has 5 nitrogen and oxygen atoms in total. The Kier molecular flexibility index (Phi) is 6.02.